The van der Waals surface area contributed by atoms with E-state index in [-0.39, 0.29) is 0 Å². The summed E-state index contributed by atoms with van der Waals surface area (Å²) in [4.78, 5) is 11.6. The van der Waals surface area contributed by atoms with E-state index in [1.165, 1.54) is 51.4 Å². The van der Waals surface area contributed by atoms with Crippen LogP contribution in [0.4, 0.5) is 0 Å². The second-order valence-electron chi connectivity index (χ2n) is 5.43. The first kappa shape index (κ1) is 15.3. The summed E-state index contributed by atoms with van der Waals surface area (Å²) in [6, 6.07) is 0. The van der Waals surface area contributed by atoms with Gasteiger partial charge in [-0.1, -0.05) is 38.5 Å². The third-order valence-corrected chi connectivity index (χ3v) is 3.64. The molecule has 0 unspecified atom stereocenters. The van der Waals surface area contributed by atoms with Crippen LogP contribution >= 0.6 is 0 Å². The smallest absolute Gasteiger partial charge is 0.132 e. The molecule has 0 saturated carbocycles. The van der Waals surface area contributed by atoms with Crippen molar-refractivity contribution in [3.63, 3.8) is 0 Å². The van der Waals surface area contributed by atoms with Crippen molar-refractivity contribution < 1.29 is 4.79 Å². The van der Waals surface area contributed by atoms with E-state index in [9.17, 15) is 4.79 Å². The van der Waals surface area contributed by atoms with Crippen LogP contribution in [0.1, 0.15) is 89.9 Å². The van der Waals surface area contributed by atoms with Crippen LogP contribution in [0.5, 0.6) is 0 Å². The van der Waals surface area contributed by atoms with E-state index in [0.717, 1.165) is 38.5 Å². The van der Waals surface area contributed by atoms with Gasteiger partial charge in [0.1, 0.15) is 5.78 Å². The standard InChI is InChI=1S/C17H28O/c18-17-15-13-11-9-7-5-3-1-2-4-6-8-10-12-14-16-17/h3-16H2. The number of carbonyl (C=O) groups is 1. The van der Waals surface area contributed by atoms with Crippen LogP contribution in [0.15, 0.2) is 0 Å². The molecular formula is C17H28O. The Hall–Kier alpha value is -0.770. The minimum absolute atomic E-state index is 0.489. The van der Waals surface area contributed by atoms with Gasteiger partial charge in [-0.3, -0.25) is 4.79 Å². The third kappa shape index (κ3) is 9.28. The maximum absolute atomic E-state index is 11.6. The lowest BCUT2D eigenvalue weighted by atomic mass is 10.0. The fraction of sp³-hybridized carbons (Fsp3) is 0.824. The van der Waals surface area contributed by atoms with E-state index in [4.69, 9.17) is 0 Å². The molecule has 0 bridgehead atoms. The van der Waals surface area contributed by atoms with Gasteiger partial charge in [0, 0.05) is 25.7 Å². The van der Waals surface area contributed by atoms with Crippen molar-refractivity contribution in [3.05, 3.63) is 0 Å². The fourth-order valence-corrected chi connectivity index (χ4v) is 2.43. The minimum Gasteiger partial charge on any atom is -0.300 e. The Morgan fingerprint density at radius 3 is 1.44 bits per heavy atom. The summed E-state index contributed by atoms with van der Waals surface area (Å²) in [7, 11) is 0. The van der Waals surface area contributed by atoms with Crippen LogP contribution in [0.3, 0.4) is 0 Å². The van der Waals surface area contributed by atoms with Crippen molar-refractivity contribution in [2.24, 2.45) is 0 Å². The molecule has 0 spiro atoms. The number of Topliss-reactive ketones (excluding diaryl/α,β-unsaturated/α-hetero) is 1. The fourth-order valence-electron chi connectivity index (χ4n) is 2.43. The highest BCUT2D eigenvalue weighted by Crippen LogP contribution is 2.11. The van der Waals surface area contributed by atoms with Gasteiger partial charge in [0.25, 0.3) is 0 Å². The SMILES string of the molecule is O=C1CCCCCCCC#CCCCCCCC1. The molecule has 1 aliphatic carbocycles. The van der Waals surface area contributed by atoms with Crippen LogP contribution in [-0.4, -0.2) is 5.78 Å². The highest BCUT2D eigenvalue weighted by molar-refractivity contribution is 5.78. The van der Waals surface area contributed by atoms with E-state index in [1.807, 2.05) is 0 Å². The number of hydrogen-bond acceptors (Lipinski definition) is 1. The molecule has 0 saturated heterocycles. The van der Waals surface area contributed by atoms with Crippen molar-refractivity contribution in [2.75, 3.05) is 0 Å². The second kappa shape index (κ2) is 11.3. The summed E-state index contributed by atoms with van der Waals surface area (Å²) in [5.41, 5.74) is 0. The average Bonchev–Trinajstić information content (AvgIpc) is 2.37. The molecule has 0 atom stereocenters. The van der Waals surface area contributed by atoms with Gasteiger partial charge in [-0.05, 0) is 25.7 Å². The Balaban J connectivity index is 2.19. The normalized spacial score (nSPS) is 21.7. The summed E-state index contributed by atoms with van der Waals surface area (Å²) in [6.07, 6.45) is 16.0. The molecule has 0 aromatic rings. The average molecular weight is 248 g/mol. The molecule has 1 aliphatic rings. The molecule has 0 radical (unpaired) electrons. The maximum atomic E-state index is 11.6. The van der Waals surface area contributed by atoms with E-state index >= 15 is 0 Å². The van der Waals surface area contributed by atoms with Gasteiger partial charge in [0.15, 0.2) is 0 Å². The number of ketones is 1. The first-order valence-electron chi connectivity index (χ1n) is 7.87. The van der Waals surface area contributed by atoms with Crippen molar-refractivity contribution in [3.8, 4) is 11.8 Å². The number of carbonyl (C=O) groups excluding carboxylic acids is 1. The van der Waals surface area contributed by atoms with Crippen molar-refractivity contribution in [2.45, 2.75) is 89.9 Å². The first-order chi connectivity index (χ1) is 8.89. The monoisotopic (exact) mass is 248 g/mol. The molecule has 102 valence electrons. The quantitative estimate of drug-likeness (QED) is 0.549. The predicted molar refractivity (Wildman–Crippen MR) is 77.4 cm³/mol. The zero-order chi connectivity index (χ0) is 12.9. The number of hydrogen-bond donors (Lipinski definition) is 0. The molecule has 0 amide bonds. The molecule has 0 heterocycles. The maximum Gasteiger partial charge on any atom is 0.132 e. The Morgan fingerprint density at radius 1 is 0.556 bits per heavy atom. The minimum atomic E-state index is 0.489. The molecule has 0 aromatic carbocycles. The highest BCUT2D eigenvalue weighted by atomic mass is 16.1. The van der Waals surface area contributed by atoms with Gasteiger partial charge in [0.05, 0.1) is 0 Å². The Bertz CT molecular complexity index is 245. The molecule has 18 heavy (non-hydrogen) atoms. The van der Waals surface area contributed by atoms with E-state index < -0.39 is 0 Å². The van der Waals surface area contributed by atoms with Gasteiger partial charge in [-0.15, -0.1) is 11.8 Å². The molecule has 0 N–H and O–H groups in total. The van der Waals surface area contributed by atoms with Gasteiger partial charge in [-0.2, -0.15) is 0 Å². The Kier molecular flexibility index (Phi) is 9.62. The summed E-state index contributed by atoms with van der Waals surface area (Å²) in [6.45, 7) is 0. The predicted octanol–water partition coefficient (Wildman–Crippen LogP) is 5.03. The van der Waals surface area contributed by atoms with Gasteiger partial charge >= 0.3 is 0 Å². The highest BCUT2D eigenvalue weighted by Gasteiger charge is 2.01. The summed E-state index contributed by atoms with van der Waals surface area (Å²) in [5, 5.41) is 0. The Morgan fingerprint density at radius 2 is 0.944 bits per heavy atom. The van der Waals surface area contributed by atoms with Crippen molar-refractivity contribution in [1.82, 2.24) is 0 Å². The van der Waals surface area contributed by atoms with Crippen LogP contribution in [-0.2, 0) is 4.79 Å². The zero-order valence-electron chi connectivity index (χ0n) is 11.8. The van der Waals surface area contributed by atoms with E-state index in [2.05, 4.69) is 11.8 Å². The first-order valence-corrected chi connectivity index (χ1v) is 7.87. The molecule has 1 rings (SSSR count). The van der Waals surface area contributed by atoms with Gasteiger partial charge in [-0.25, -0.2) is 0 Å². The molecule has 0 aromatic heterocycles. The second-order valence-corrected chi connectivity index (χ2v) is 5.43. The molecule has 0 aliphatic heterocycles. The topological polar surface area (TPSA) is 17.1 Å². The molecule has 1 nitrogen and oxygen atoms in total. The summed E-state index contributed by atoms with van der Waals surface area (Å²) >= 11 is 0. The van der Waals surface area contributed by atoms with Crippen molar-refractivity contribution in [1.29, 1.82) is 0 Å². The van der Waals surface area contributed by atoms with Crippen LogP contribution in [0, 0.1) is 11.8 Å². The molecule has 1 heteroatoms. The third-order valence-electron chi connectivity index (χ3n) is 3.64. The van der Waals surface area contributed by atoms with Crippen LogP contribution in [0.25, 0.3) is 0 Å². The van der Waals surface area contributed by atoms with E-state index in [1.54, 1.807) is 0 Å². The lowest BCUT2D eigenvalue weighted by Crippen LogP contribution is -1.97. The number of rotatable bonds is 0. The zero-order valence-corrected chi connectivity index (χ0v) is 11.8. The largest absolute Gasteiger partial charge is 0.300 e. The van der Waals surface area contributed by atoms with Gasteiger partial charge < -0.3 is 0 Å². The molecular weight excluding hydrogens is 220 g/mol. The van der Waals surface area contributed by atoms with Crippen LogP contribution < -0.4 is 0 Å². The van der Waals surface area contributed by atoms with Crippen molar-refractivity contribution >= 4 is 5.78 Å². The van der Waals surface area contributed by atoms with Gasteiger partial charge in [0.2, 0.25) is 0 Å². The Labute approximate surface area is 113 Å². The lowest BCUT2D eigenvalue weighted by molar-refractivity contribution is -0.119. The molecule has 0 fully saturated rings. The summed E-state index contributed by atoms with van der Waals surface area (Å²) < 4.78 is 0. The van der Waals surface area contributed by atoms with Crippen LogP contribution in [0.2, 0.25) is 0 Å². The summed E-state index contributed by atoms with van der Waals surface area (Å²) in [5.74, 6) is 7.05. The lowest BCUT2D eigenvalue weighted by Gasteiger charge is -2.02. The van der Waals surface area contributed by atoms with E-state index in [0.29, 0.717) is 5.78 Å².